The van der Waals surface area contributed by atoms with Crippen LogP contribution in [0, 0.1) is 17.3 Å². The van der Waals surface area contributed by atoms with Crippen LogP contribution in [0.15, 0.2) is 0 Å². The van der Waals surface area contributed by atoms with E-state index in [0.29, 0.717) is 11.8 Å². The fourth-order valence-corrected chi connectivity index (χ4v) is 8.46. The van der Waals surface area contributed by atoms with E-state index in [-0.39, 0.29) is 52.1 Å². The van der Waals surface area contributed by atoms with E-state index in [1.165, 1.54) is 0 Å². The van der Waals surface area contributed by atoms with Gasteiger partial charge in [-0.3, -0.25) is 0 Å². The van der Waals surface area contributed by atoms with E-state index in [2.05, 4.69) is 123 Å². The van der Waals surface area contributed by atoms with Crippen LogP contribution < -0.4 is 0 Å². The van der Waals surface area contributed by atoms with Crippen LogP contribution in [-0.2, 0) is 27.5 Å². The second kappa shape index (κ2) is 12.3. The molecule has 1 saturated carbocycles. The van der Waals surface area contributed by atoms with Crippen LogP contribution in [0.4, 0.5) is 0 Å². The molecule has 2 saturated heterocycles. The van der Waals surface area contributed by atoms with Gasteiger partial charge in [0.1, 0.15) is 0 Å². The average molecular weight is 653 g/mol. The molecule has 10 heteroatoms. The molecule has 6 nitrogen and oxygen atoms in total. The van der Waals surface area contributed by atoms with Crippen molar-refractivity contribution in [2.75, 3.05) is 13.2 Å². The van der Waals surface area contributed by atoms with Gasteiger partial charge in [-0.05, 0) is 129 Å². The quantitative estimate of drug-likeness (QED) is 0.207. The van der Waals surface area contributed by atoms with Crippen LogP contribution >= 0.6 is 0 Å². The second-order valence-electron chi connectivity index (χ2n) is 19.7. The van der Waals surface area contributed by atoms with Crippen LogP contribution in [0.25, 0.3) is 0 Å². The first-order valence-electron chi connectivity index (χ1n) is 17.4. The zero-order chi connectivity index (χ0) is 34.0. The highest BCUT2D eigenvalue weighted by atomic mass is 28.4. The van der Waals surface area contributed by atoms with Gasteiger partial charge in [-0.1, -0.05) is 48.0 Å². The third-order valence-corrected chi connectivity index (χ3v) is 22.0. The minimum Gasteiger partial charge on any atom is -0.416 e. The maximum absolute atomic E-state index is 7.06. The minimum absolute atomic E-state index is 0.0417. The Balaban J connectivity index is 1.90. The van der Waals surface area contributed by atoms with Gasteiger partial charge in [-0.2, -0.15) is 0 Å². The first-order chi connectivity index (χ1) is 19.5. The van der Waals surface area contributed by atoms with E-state index in [1.807, 2.05) is 0 Å². The summed E-state index contributed by atoms with van der Waals surface area (Å²) in [6.07, 6.45) is 4.97. The fraction of sp³-hybridized carbons (Fsp3) is 1.00. The number of rotatable bonds is 11. The minimum atomic E-state index is -1.95. The zero-order valence-corrected chi connectivity index (χ0v) is 34.2. The highest BCUT2D eigenvalue weighted by molar-refractivity contribution is 6.74. The fourth-order valence-electron chi connectivity index (χ4n) is 6.26. The molecule has 44 heavy (non-hydrogen) atoms. The molecule has 2 atom stereocenters. The summed E-state index contributed by atoms with van der Waals surface area (Å²) in [4.78, 5) is 0. The molecule has 3 rings (SSSR count). The highest BCUT2D eigenvalue weighted by Crippen LogP contribution is 2.54. The summed E-state index contributed by atoms with van der Waals surface area (Å²) in [7, 11) is -4.30. The lowest BCUT2D eigenvalue weighted by Gasteiger charge is -2.43. The molecule has 1 aliphatic carbocycles. The summed E-state index contributed by atoms with van der Waals surface area (Å²) >= 11 is 0. The molecular formula is C34H70B2O6Si2. The van der Waals surface area contributed by atoms with E-state index < -0.39 is 16.6 Å². The van der Waals surface area contributed by atoms with Crippen molar-refractivity contribution in [2.45, 2.75) is 188 Å². The van der Waals surface area contributed by atoms with Crippen molar-refractivity contribution in [2.24, 2.45) is 17.3 Å². The van der Waals surface area contributed by atoms with Crippen molar-refractivity contribution >= 4 is 30.9 Å². The molecular weight excluding hydrogens is 582 g/mol. The molecule has 0 unspecified atom stereocenters. The first kappa shape index (κ1) is 38.8. The first-order valence-corrected chi connectivity index (χ1v) is 23.3. The topological polar surface area (TPSA) is 55.4 Å². The van der Waals surface area contributed by atoms with Crippen LogP contribution in [0.3, 0.4) is 0 Å². The predicted octanol–water partition coefficient (Wildman–Crippen LogP) is 9.62. The summed E-state index contributed by atoms with van der Waals surface area (Å²) in [5, 5.41) is 0.316. The second-order valence-corrected chi connectivity index (χ2v) is 29.3. The molecule has 2 heterocycles. The summed E-state index contributed by atoms with van der Waals surface area (Å²) in [6.45, 7) is 42.2. The van der Waals surface area contributed by atoms with Crippen molar-refractivity contribution in [3.05, 3.63) is 0 Å². The van der Waals surface area contributed by atoms with Gasteiger partial charge >= 0.3 is 14.2 Å². The molecule has 0 aromatic carbocycles. The largest absolute Gasteiger partial charge is 0.458 e. The number of hydrogen-bond acceptors (Lipinski definition) is 6. The molecule has 0 bridgehead atoms. The SMILES string of the molecule is CC1(C)OB(CC[C@H]2CC(CO[Si](C)(C)C(C)(C)C)(CO[Si](C)(C)C(C)(C)C)C[C@@H]2CB2OC(C)(C)C(C)(C)O2)OC1(C)C. The van der Waals surface area contributed by atoms with Crippen molar-refractivity contribution in [3.63, 3.8) is 0 Å². The smallest absolute Gasteiger partial charge is 0.416 e. The van der Waals surface area contributed by atoms with E-state index in [1.54, 1.807) is 0 Å². The average Bonchev–Trinajstić information content (AvgIpc) is 3.33. The Morgan fingerprint density at radius 2 is 0.932 bits per heavy atom. The van der Waals surface area contributed by atoms with Gasteiger partial charge in [0.25, 0.3) is 0 Å². The normalized spacial score (nSPS) is 28.2. The highest BCUT2D eigenvalue weighted by Gasteiger charge is 2.56. The molecule has 0 aromatic heterocycles. The van der Waals surface area contributed by atoms with Gasteiger partial charge in [-0.25, -0.2) is 0 Å². The molecule has 0 N–H and O–H groups in total. The Morgan fingerprint density at radius 1 is 0.591 bits per heavy atom. The van der Waals surface area contributed by atoms with Crippen LogP contribution in [-0.4, -0.2) is 66.5 Å². The monoisotopic (exact) mass is 652 g/mol. The molecule has 0 spiro atoms. The summed E-state index contributed by atoms with van der Waals surface area (Å²) in [5.74, 6) is 0.928. The molecule has 0 radical (unpaired) electrons. The van der Waals surface area contributed by atoms with Gasteiger partial charge in [0.2, 0.25) is 0 Å². The van der Waals surface area contributed by atoms with Gasteiger partial charge in [0.15, 0.2) is 16.6 Å². The third kappa shape index (κ3) is 8.30. The summed E-state index contributed by atoms with van der Waals surface area (Å²) < 4.78 is 40.2. The Kier molecular flexibility index (Phi) is 10.9. The molecule has 0 aromatic rings. The number of hydrogen-bond donors (Lipinski definition) is 0. The van der Waals surface area contributed by atoms with Crippen molar-refractivity contribution in [1.29, 1.82) is 0 Å². The van der Waals surface area contributed by atoms with E-state index >= 15 is 0 Å². The van der Waals surface area contributed by atoms with Gasteiger partial charge in [0, 0.05) is 18.6 Å². The maximum Gasteiger partial charge on any atom is 0.458 e. The van der Waals surface area contributed by atoms with Gasteiger partial charge < -0.3 is 27.5 Å². The lowest BCUT2D eigenvalue weighted by atomic mass is 9.70. The predicted molar refractivity (Wildman–Crippen MR) is 191 cm³/mol. The van der Waals surface area contributed by atoms with Crippen molar-refractivity contribution in [1.82, 2.24) is 0 Å². The van der Waals surface area contributed by atoms with Crippen LogP contribution in [0.2, 0.25) is 48.9 Å². The maximum atomic E-state index is 7.06. The van der Waals surface area contributed by atoms with Crippen molar-refractivity contribution < 1.29 is 27.5 Å². The van der Waals surface area contributed by atoms with Gasteiger partial charge in [-0.15, -0.1) is 0 Å². The lowest BCUT2D eigenvalue weighted by Crippen LogP contribution is -2.47. The van der Waals surface area contributed by atoms with Gasteiger partial charge in [0.05, 0.1) is 22.4 Å². The molecule has 3 fully saturated rings. The summed E-state index contributed by atoms with van der Waals surface area (Å²) in [5.41, 5.74) is -1.33. The Labute approximate surface area is 275 Å². The zero-order valence-electron chi connectivity index (χ0n) is 32.2. The van der Waals surface area contributed by atoms with E-state index in [4.69, 9.17) is 27.5 Å². The summed E-state index contributed by atoms with van der Waals surface area (Å²) in [6, 6.07) is 0. The Morgan fingerprint density at radius 3 is 1.30 bits per heavy atom. The third-order valence-electron chi connectivity index (χ3n) is 13.0. The molecule has 2 aliphatic heterocycles. The standard InChI is InChI=1S/C34H70B2O6Si2/c1-28(2,3)43(15,16)37-24-34(25-38-44(17,18)29(4,5)6)21-26(19-20-35-39-30(7,8)31(9,10)40-35)27(22-34)23-36-41-32(11,12)33(13,14)42-36/h26-27H,19-25H2,1-18H3/t26-,27+/m0/s1. The lowest BCUT2D eigenvalue weighted by molar-refractivity contribution is 0.00578. The Hall–Kier alpha value is 0.324. The molecule has 0 amide bonds. The molecule has 3 aliphatic rings. The van der Waals surface area contributed by atoms with Crippen LogP contribution in [0.1, 0.15) is 116 Å². The van der Waals surface area contributed by atoms with E-state index in [0.717, 1.165) is 45.1 Å². The van der Waals surface area contributed by atoms with E-state index in [9.17, 15) is 0 Å². The molecule has 256 valence electrons. The van der Waals surface area contributed by atoms with Crippen LogP contribution in [0.5, 0.6) is 0 Å². The van der Waals surface area contributed by atoms with Crippen molar-refractivity contribution in [3.8, 4) is 0 Å². The Bertz CT molecular complexity index is 937.